The van der Waals surface area contributed by atoms with E-state index >= 15 is 0 Å². The minimum absolute atomic E-state index is 0.0519. The summed E-state index contributed by atoms with van der Waals surface area (Å²) < 4.78 is 5.43. The van der Waals surface area contributed by atoms with Gasteiger partial charge in [0, 0.05) is 12.6 Å². The van der Waals surface area contributed by atoms with Gasteiger partial charge in [-0.3, -0.25) is 4.79 Å². The molecule has 0 atom stereocenters. The number of hydrogen-bond donors (Lipinski definition) is 1. The Labute approximate surface area is 137 Å². The topological polar surface area (TPSA) is 50.7 Å². The van der Waals surface area contributed by atoms with Crippen molar-refractivity contribution in [3.8, 4) is 5.75 Å². The molecule has 0 aliphatic carbocycles. The Bertz CT molecular complexity index is 634. The number of hydrazone groups is 1. The zero-order chi connectivity index (χ0) is 16.5. The van der Waals surface area contributed by atoms with E-state index in [4.69, 9.17) is 4.74 Å². The summed E-state index contributed by atoms with van der Waals surface area (Å²) in [6.45, 7) is 4.22. The van der Waals surface area contributed by atoms with Gasteiger partial charge in [-0.05, 0) is 29.2 Å². The standard InChI is InChI=1S/C19H22N2O2/c1-15(2)17-8-10-18(11-9-17)23-14-19(22)21-20-13-12-16-6-4-3-5-7-16/h3-11,13,15H,12,14H2,1-2H3,(H,21,22). The number of carbonyl (C=O) groups excluding carboxylic acids is 1. The molecule has 0 unspecified atom stereocenters. The minimum Gasteiger partial charge on any atom is -0.484 e. The molecule has 2 rings (SSSR count). The number of hydrogen-bond acceptors (Lipinski definition) is 3. The molecule has 0 bridgehead atoms. The first kappa shape index (κ1) is 16.7. The fourth-order valence-electron chi connectivity index (χ4n) is 2.01. The molecule has 2 aromatic rings. The second kappa shape index (κ2) is 8.73. The Morgan fingerprint density at radius 3 is 2.48 bits per heavy atom. The van der Waals surface area contributed by atoms with Crippen molar-refractivity contribution >= 4 is 12.1 Å². The zero-order valence-electron chi connectivity index (χ0n) is 13.5. The molecule has 1 N–H and O–H groups in total. The van der Waals surface area contributed by atoms with Gasteiger partial charge in [0.15, 0.2) is 6.61 Å². The monoisotopic (exact) mass is 310 g/mol. The van der Waals surface area contributed by atoms with Crippen LogP contribution in [0.1, 0.15) is 30.9 Å². The minimum atomic E-state index is -0.276. The van der Waals surface area contributed by atoms with Gasteiger partial charge in [0.1, 0.15) is 5.75 Å². The van der Waals surface area contributed by atoms with Crippen molar-refractivity contribution in [3.05, 3.63) is 65.7 Å². The molecule has 0 heterocycles. The zero-order valence-corrected chi connectivity index (χ0v) is 13.5. The Balaban J connectivity index is 1.70. The van der Waals surface area contributed by atoms with E-state index in [2.05, 4.69) is 24.4 Å². The summed E-state index contributed by atoms with van der Waals surface area (Å²) in [6.07, 6.45) is 2.35. The lowest BCUT2D eigenvalue weighted by Crippen LogP contribution is -2.24. The van der Waals surface area contributed by atoms with Crippen LogP contribution < -0.4 is 10.2 Å². The highest BCUT2D eigenvalue weighted by Crippen LogP contribution is 2.18. The molecular weight excluding hydrogens is 288 g/mol. The maximum Gasteiger partial charge on any atom is 0.277 e. The highest BCUT2D eigenvalue weighted by atomic mass is 16.5. The van der Waals surface area contributed by atoms with E-state index in [1.807, 2.05) is 54.6 Å². The van der Waals surface area contributed by atoms with Crippen LogP contribution in [0.3, 0.4) is 0 Å². The number of ether oxygens (including phenoxy) is 1. The lowest BCUT2D eigenvalue weighted by molar-refractivity contribution is -0.123. The van der Waals surface area contributed by atoms with E-state index in [1.165, 1.54) is 5.56 Å². The second-order valence-corrected chi connectivity index (χ2v) is 5.55. The predicted octanol–water partition coefficient (Wildman–Crippen LogP) is 3.53. The number of amides is 1. The van der Waals surface area contributed by atoms with E-state index in [0.29, 0.717) is 18.1 Å². The van der Waals surface area contributed by atoms with Crippen LogP contribution in [0.5, 0.6) is 5.75 Å². The molecule has 120 valence electrons. The van der Waals surface area contributed by atoms with Gasteiger partial charge in [-0.1, -0.05) is 56.3 Å². The van der Waals surface area contributed by atoms with Gasteiger partial charge in [-0.25, -0.2) is 5.43 Å². The number of rotatable bonds is 7. The SMILES string of the molecule is CC(C)c1ccc(OCC(=O)NN=CCc2ccccc2)cc1. The lowest BCUT2D eigenvalue weighted by Gasteiger charge is -2.08. The normalized spacial score (nSPS) is 10.9. The number of nitrogens with one attached hydrogen (secondary N) is 1. The Morgan fingerprint density at radius 2 is 1.83 bits per heavy atom. The molecule has 0 aliphatic heterocycles. The molecule has 1 amide bonds. The maximum atomic E-state index is 11.7. The fourth-order valence-corrected chi connectivity index (χ4v) is 2.01. The number of benzene rings is 2. The second-order valence-electron chi connectivity index (χ2n) is 5.55. The summed E-state index contributed by atoms with van der Waals surface area (Å²) in [7, 11) is 0. The molecule has 0 fully saturated rings. The molecule has 0 spiro atoms. The average Bonchev–Trinajstić information content (AvgIpc) is 2.58. The van der Waals surface area contributed by atoms with Gasteiger partial charge in [-0.15, -0.1) is 0 Å². The molecule has 0 aromatic heterocycles. The third-order valence-corrected chi connectivity index (χ3v) is 3.37. The maximum absolute atomic E-state index is 11.7. The summed E-state index contributed by atoms with van der Waals surface area (Å²) in [4.78, 5) is 11.7. The molecule has 2 aromatic carbocycles. The molecule has 0 aliphatic rings. The quantitative estimate of drug-likeness (QED) is 0.628. The predicted molar refractivity (Wildman–Crippen MR) is 92.8 cm³/mol. The van der Waals surface area contributed by atoms with Crippen LogP contribution in [0.25, 0.3) is 0 Å². The van der Waals surface area contributed by atoms with Crippen molar-refractivity contribution in [2.75, 3.05) is 6.61 Å². The first-order chi connectivity index (χ1) is 11.1. The van der Waals surface area contributed by atoms with E-state index in [9.17, 15) is 4.79 Å². The van der Waals surface area contributed by atoms with Crippen LogP contribution in [0.2, 0.25) is 0 Å². The van der Waals surface area contributed by atoms with E-state index in [-0.39, 0.29) is 12.5 Å². The molecule has 4 heteroatoms. The van der Waals surface area contributed by atoms with Crippen LogP contribution >= 0.6 is 0 Å². The summed E-state index contributed by atoms with van der Waals surface area (Å²) in [5, 5.41) is 3.91. The third kappa shape index (κ3) is 5.94. The largest absolute Gasteiger partial charge is 0.484 e. The van der Waals surface area contributed by atoms with Gasteiger partial charge in [0.25, 0.3) is 5.91 Å². The summed E-state index contributed by atoms with van der Waals surface area (Å²) in [5.74, 6) is 0.881. The third-order valence-electron chi connectivity index (χ3n) is 3.37. The smallest absolute Gasteiger partial charge is 0.277 e. The van der Waals surface area contributed by atoms with Crippen LogP contribution in [0.4, 0.5) is 0 Å². The molecule has 4 nitrogen and oxygen atoms in total. The fraction of sp³-hybridized carbons (Fsp3) is 0.263. The highest BCUT2D eigenvalue weighted by Gasteiger charge is 2.03. The Hall–Kier alpha value is -2.62. The van der Waals surface area contributed by atoms with Crippen molar-refractivity contribution < 1.29 is 9.53 Å². The van der Waals surface area contributed by atoms with Crippen molar-refractivity contribution in [3.63, 3.8) is 0 Å². The number of nitrogens with zero attached hydrogens (tertiary/aromatic N) is 1. The van der Waals surface area contributed by atoms with Crippen LogP contribution in [0.15, 0.2) is 59.7 Å². The highest BCUT2D eigenvalue weighted by molar-refractivity contribution is 5.78. The summed E-state index contributed by atoms with van der Waals surface area (Å²) in [5.41, 5.74) is 4.85. The van der Waals surface area contributed by atoms with Gasteiger partial charge in [0.05, 0.1) is 0 Å². The van der Waals surface area contributed by atoms with Gasteiger partial charge in [0.2, 0.25) is 0 Å². The molecule has 0 radical (unpaired) electrons. The summed E-state index contributed by atoms with van der Waals surface area (Å²) >= 11 is 0. The van der Waals surface area contributed by atoms with Crippen molar-refractivity contribution in [2.45, 2.75) is 26.2 Å². The molecular formula is C19H22N2O2. The molecule has 23 heavy (non-hydrogen) atoms. The van der Waals surface area contributed by atoms with Crippen molar-refractivity contribution in [1.29, 1.82) is 0 Å². The molecule has 0 saturated heterocycles. The van der Waals surface area contributed by atoms with Crippen LogP contribution in [-0.4, -0.2) is 18.7 Å². The van der Waals surface area contributed by atoms with E-state index < -0.39 is 0 Å². The summed E-state index contributed by atoms with van der Waals surface area (Å²) in [6, 6.07) is 17.7. The van der Waals surface area contributed by atoms with Gasteiger partial charge in [-0.2, -0.15) is 5.10 Å². The first-order valence-electron chi connectivity index (χ1n) is 7.72. The first-order valence-corrected chi connectivity index (χ1v) is 7.72. The number of carbonyl (C=O) groups is 1. The Kier molecular flexibility index (Phi) is 6.36. The van der Waals surface area contributed by atoms with Gasteiger partial charge >= 0.3 is 0 Å². The average molecular weight is 310 g/mol. The Morgan fingerprint density at radius 1 is 1.13 bits per heavy atom. The van der Waals surface area contributed by atoms with Crippen molar-refractivity contribution in [2.24, 2.45) is 5.10 Å². The van der Waals surface area contributed by atoms with Gasteiger partial charge < -0.3 is 4.74 Å². The van der Waals surface area contributed by atoms with Crippen LogP contribution in [-0.2, 0) is 11.2 Å². The van der Waals surface area contributed by atoms with Crippen molar-refractivity contribution in [1.82, 2.24) is 5.43 Å². The van der Waals surface area contributed by atoms with Crippen LogP contribution in [0, 0.1) is 0 Å². The molecule has 0 saturated carbocycles. The lowest BCUT2D eigenvalue weighted by atomic mass is 10.0. The van der Waals surface area contributed by atoms with E-state index in [0.717, 1.165) is 5.56 Å². The van der Waals surface area contributed by atoms with E-state index in [1.54, 1.807) is 6.21 Å².